The molecule has 5 nitrogen and oxygen atoms in total. The first-order valence-electron chi connectivity index (χ1n) is 7.03. The monoisotopic (exact) mass is 277 g/mol. The van der Waals surface area contributed by atoms with Crippen LogP contribution in [0.25, 0.3) is 0 Å². The number of hydrogen-bond acceptors (Lipinski definition) is 4. The van der Waals surface area contributed by atoms with E-state index in [-0.39, 0.29) is 5.91 Å². The lowest BCUT2D eigenvalue weighted by Gasteiger charge is -2.21. The van der Waals surface area contributed by atoms with Gasteiger partial charge in [0.25, 0.3) is 0 Å². The summed E-state index contributed by atoms with van der Waals surface area (Å²) in [4.78, 5) is 14.1. The van der Waals surface area contributed by atoms with E-state index in [2.05, 4.69) is 16.3 Å². The molecule has 1 aliphatic rings. The van der Waals surface area contributed by atoms with E-state index >= 15 is 0 Å². The Bertz CT molecular complexity index is 446. The summed E-state index contributed by atoms with van der Waals surface area (Å²) in [5.41, 5.74) is 7.72. The second-order valence-electron chi connectivity index (χ2n) is 5.22. The molecule has 1 amide bonds. The molecule has 0 aliphatic heterocycles. The minimum atomic E-state index is 0.0536. The standard InChI is InChI=1S/C15H23N3O2/c1-20-8-7-17-15(19)11-18(14-5-6-14)10-12-3-2-4-13(16)9-12/h2-4,9,14H,5-8,10-11,16H2,1H3,(H,17,19). The fourth-order valence-electron chi connectivity index (χ4n) is 2.21. The van der Waals surface area contributed by atoms with E-state index in [9.17, 15) is 4.79 Å². The van der Waals surface area contributed by atoms with Crippen molar-refractivity contribution in [3.63, 3.8) is 0 Å². The summed E-state index contributed by atoms with van der Waals surface area (Å²) >= 11 is 0. The molecule has 2 rings (SSSR count). The number of nitrogens with zero attached hydrogens (tertiary/aromatic N) is 1. The number of hydrogen-bond donors (Lipinski definition) is 2. The van der Waals surface area contributed by atoms with Gasteiger partial charge in [0.15, 0.2) is 0 Å². The third-order valence-electron chi connectivity index (χ3n) is 3.38. The highest BCUT2D eigenvalue weighted by atomic mass is 16.5. The smallest absolute Gasteiger partial charge is 0.234 e. The van der Waals surface area contributed by atoms with E-state index in [4.69, 9.17) is 10.5 Å². The lowest BCUT2D eigenvalue weighted by molar-refractivity contribution is -0.122. The molecule has 1 saturated carbocycles. The van der Waals surface area contributed by atoms with Crippen LogP contribution in [-0.4, -0.2) is 43.7 Å². The van der Waals surface area contributed by atoms with Crippen molar-refractivity contribution in [2.75, 3.05) is 32.5 Å². The van der Waals surface area contributed by atoms with E-state index in [1.54, 1.807) is 7.11 Å². The average molecular weight is 277 g/mol. The minimum absolute atomic E-state index is 0.0536. The summed E-state index contributed by atoms with van der Waals surface area (Å²) in [7, 11) is 1.63. The highest BCUT2D eigenvalue weighted by Gasteiger charge is 2.30. The number of amides is 1. The van der Waals surface area contributed by atoms with Crippen LogP contribution in [0.1, 0.15) is 18.4 Å². The predicted molar refractivity (Wildman–Crippen MR) is 79.2 cm³/mol. The maximum atomic E-state index is 11.9. The molecule has 20 heavy (non-hydrogen) atoms. The van der Waals surface area contributed by atoms with Crippen LogP contribution >= 0.6 is 0 Å². The SMILES string of the molecule is COCCNC(=O)CN(Cc1cccc(N)c1)C1CC1. The predicted octanol–water partition coefficient (Wildman–Crippen LogP) is 0.996. The number of benzene rings is 1. The molecule has 3 N–H and O–H groups in total. The number of carbonyl (C=O) groups is 1. The van der Waals surface area contributed by atoms with Crippen LogP contribution in [0.2, 0.25) is 0 Å². The van der Waals surface area contributed by atoms with Crippen molar-refractivity contribution in [1.29, 1.82) is 0 Å². The third kappa shape index (κ3) is 4.83. The first kappa shape index (κ1) is 14.8. The van der Waals surface area contributed by atoms with Crippen LogP contribution < -0.4 is 11.1 Å². The van der Waals surface area contributed by atoms with Gasteiger partial charge in [-0.25, -0.2) is 0 Å². The zero-order valence-corrected chi connectivity index (χ0v) is 12.0. The van der Waals surface area contributed by atoms with Crippen LogP contribution in [0.4, 0.5) is 5.69 Å². The Balaban J connectivity index is 1.86. The van der Waals surface area contributed by atoms with Gasteiger partial charge in [0.1, 0.15) is 0 Å². The molecule has 1 aliphatic carbocycles. The van der Waals surface area contributed by atoms with E-state index in [0.29, 0.717) is 25.7 Å². The van der Waals surface area contributed by atoms with Crippen molar-refractivity contribution in [3.8, 4) is 0 Å². The Morgan fingerprint density at radius 2 is 2.30 bits per heavy atom. The second-order valence-corrected chi connectivity index (χ2v) is 5.22. The van der Waals surface area contributed by atoms with Crippen LogP contribution in [0.3, 0.4) is 0 Å². The molecule has 0 radical (unpaired) electrons. The summed E-state index contributed by atoms with van der Waals surface area (Å²) in [6, 6.07) is 8.38. The topological polar surface area (TPSA) is 67.6 Å². The first-order chi connectivity index (χ1) is 9.69. The zero-order chi connectivity index (χ0) is 14.4. The summed E-state index contributed by atoms with van der Waals surface area (Å²) in [6.45, 7) is 2.31. The van der Waals surface area contributed by atoms with Crippen LogP contribution in [0.5, 0.6) is 0 Å². The average Bonchev–Trinajstić information content (AvgIpc) is 3.22. The van der Waals surface area contributed by atoms with Gasteiger partial charge in [-0.2, -0.15) is 0 Å². The molecule has 110 valence electrons. The minimum Gasteiger partial charge on any atom is -0.399 e. The van der Waals surface area contributed by atoms with Gasteiger partial charge in [0.2, 0.25) is 5.91 Å². The fourth-order valence-corrected chi connectivity index (χ4v) is 2.21. The normalized spacial score (nSPS) is 14.5. The molecule has 1 aromatic rings. The highest BCUT2D eigenvalue weighted by molar-refractivity contribution is 5.78. The maximum absolute atomic E-state index is 11.9. The van der Waals surface area contributed by atoms with Crippen molar-refractivity contribution in [2.45, 2.75) is 25.4 Å². The third-order valence-corrected chi connectivity index (χ3v) is 3.38. The number of nitrogens with two attached hydrogens (primary N) is 1. The first-order valence-corrected chi connectivity index (χ1v) is 7.03. The van der Waals surface area contributed by atoms with Gasteiger partial charge in [-0.3, -0.25) is 9.69 Å². The van der Waals surface area contributed by atoms with Gasteiger partial charge in [-0.05, 0) is 30.5 Å². The molecule has 1 aromatic carbocycles. The van der Waals surface area contributed by atoms with Crippen molar-refractivity contribution in [3.05, 3.63) is 29.8 Å². The quantitative estimate of drug-likeness (QED) is 0.549. The number of anilines is 1. The second kappa shape index (κ2) is 7.26. The zero-order valence-electron chi connectivity index (χ0n) is 12.0. The van der Waals surface area contributed by atoms with Gasteiger partial charge in [-0.1, -0.05) is 12.1 Å². The van der Waals surface area contributed by atoms with Gasteiger partial charge >= 0.3 is 0 Å². The molecular formula is C15H23N3O2. The molecule has 0 aromatic heterocycles. The Morgan fingerprint density at radius 1 is 1.50 bits per heavy atom. The van der Waals surface area contributed by atoms with Gasteiger partial charge < -0.3 is 15.8 Å². The molecule has 0 atom stereocenters. The van der Waals surface area contributed by atoms with E-state index < -0.39 is 0 Å². The molecule has 0 bridgehead atoms. The van der Waals surface area contributed by atoms with E-state index in [1.165, 1.54) is 12.8 Å². The van der Waals surface area contributed by atoms with Crippen molar-refractivity contribution >= 4 is 11.6 Å². The van der Waals surface area contributed by atoms with Crippen LogP contribution in [-0.2, 0) is 16.1 Å². The Kier molecular flexibility index (Phi) is 5.38. The lowest BCUT2D eigenvalue weighted by atomic mass is 10.2. The van der Waals surface area contributed by atoms with Gasteiger partial charge in [0, 0.05) is 31.9 Å². The van der Waals surface area contributed by atoms with Crippen molar-refractivity contribution in [1.82, 2.24) is 10.2 Å². The Morgan fingerprint density at radius 3 is 2.95 bits per heavy atom. The summed E-state index contributed by atoms with van der Waals surface area (Å²) in [6.07, 6.45) is 2.35. The molecule has 0 saturated heterocycles. The number of nitrogens with one attached hydrogen (secondary N) is 1. The molecule has 0 unspecified atom stereocenters. The van der Waals surface area contributed by atoms with Gasteiger partial charge in [-0.15, -0.1) is 0 Å². The fraction of sp³-hybridized carbons (Fsp3) is 0.533. The molecule has 0 heterocycles. The maximum Gasteiger partial charge on any atom is 0.234 e. The number of carbonyl (C=O) groups excluding carboxylic acids is 1. The number of methoxy groups -OCH3 is 1. The van der Waals surface area contributed by atoms with Crippen molar-refractivity contribution in [2.24, 2.45) is 0 Å². The lowest BCUT2D eigenvalue weighted by Crippen LogP contribution is -2.39. The largest absolute Gasteiger partial charge is 0.399 e. The van der Waals surface area contributed by atoms with Gasteiger partial charge in [0.05, 0.1) is 13.2 Å². The van der Waals surface area contributed by atoms with E-state index in [0.717, 1.165) is 17.8 Å². The summed E-state index contributed by atoms with van der Waals surface area (Å²) in [5.74, 6) is 0.0536. The highest BCUT2D eigenvalue weighted by Crippen LogP contribution is 2.28. The van der Waals surface area contributed by atoms with E-state index in [1.807, 2.05) is 18.2 Å². The summed E-state index contributed by atoms with van der Waals surface area (Å²) in [5, 5.41) is 2.86. The molecule has 0 spiro atoms. The molecule has 1 fully saturated rings. The number of nitrogen functional groups attached to an aromatic ring is 1. The molecule has 5 heteroatoms. The summed E-state index contributed by atoms with van der Waals surface area (Å²) < 4.78 is 4.92. The number of rotatable bonds is 8. The Labute approximate surface area is 120 Å². The molecular weight excluding hydrogens is 254 g/mol. The number of ether oxygens (including phenoxy) is 1. The van der Waals surface area contributed by atoms with Crippen LogP contribution in [0.15, 0.2) is 24.3 Å². The van der Waals surface area contributed by atoms with Crippen LogP contribution in [0, 0.1) is 0 Å². The van der Waals surface area contributed by atoms with Crippen molar-refractivity contribution < 1.29 is 9.53 Å². The Hall–Kier alpha value is -1.59.